The molecule has 0 aliphatic heterocycles. The van der Waals surface area contributed by atoms with Crippen molar-refractivity contribution in [2.24, 2.45) is 0 Å². The van der Waals surface area contributed by atoms with Gasteiger partial charge in [0.2, 0.25) is 0 Å². The van der Waals surface area contributed by atoms with Crippen LogP contribution in [-0.4, -0.2) is 30.9 Å². The summed E-state index contributed by atoms with van der Waals surface area (Å²) in [6.45, 7) is 5.41. The number of nitrogens with zero attached hydrogens (tertiary/aromatic N) is 1. The molecular weight excluding hydrogens is 514 g/mol. The summed E-state index contributed by atoms with van der Waals surface area (Å²) in [4.78, 5) is 25.8. The molecule has 37 heavy (non-hydrogen) atoms. The maximum absolute atomic E-state index is 13.6. The van der Waals surface area contributed by atoms with Crippen molar-refractivity contribution in [1.29, 1.82) is 0 Å². The van der Waals surface area contributed by atoms with Crippen LogP contribution in [0.3, 0.4) is 0 Å². The van der Waals surface area contributed by atoms with Crippen LogP contribution in [0.4, 0.5) is 11.4 Å². The predicted molar refractivity (Wildman–Crippen MR) is 144 cm³/mol. The Hall–Kier alpha value is -3.82. The topological polar surface area (TPSA) is 120 Å². The number of rotatable bonds is 7. The van der Waals surface area contributed by atoms with Crippen LogP contribution in [0.1, 0.15) is 36.8 Å². The number of ether oxygens (including phenoxy) is 1. The fraction of sp³-hybridized carbons (Fsp3) is 0.185. The van der Waals surface area contributed by atoms with Gasteiger partial charge in [-0.3, -0.25) is 9.59 Å². The molecular formula is C27H26ClN3O5S. The molecule has 0 radical (unpaired) electrons. The van der Waals surface area contributed by atoms with E-state index in [2.05, 4.69) is 5.32 Å². The van der Waals surface area contributed by atoms with Gasteiger partial charge in [-0.1, -0.05) is 35.9 Å². The number of carbonyl (C=O) groups is 2. The van der Waals surface area contributed by atoms with Gasteiger partial charge in [-0.15, -0.1) is 0 Å². The van der Waals surface area contributed by atoms with E-state index in [9.17, 15) is 18.0 Å². The van der Waals surface area contributed by atoms with Gasteiger partial charge in [0.25, 0.3) is 15.9 Å². The summed E-state index contributed by atoms with van der Waals surface area (Å²) < 4.78 is 33.3. The summed E-state index contributed by atoms with van der Waals surface area (Å²) in [6.07, 6.45) is 0. The summed E-state index contributed by atoms with van der Waals surface area (Å²) in [7, 11) is -4.12. The number of benzene rings is 3. The monoisotopic (exact) mass is 539 g/mol. The van der Waals surface area contributed by atoms with Crippen LogP contribution >= 0.6 is 11.6 Å². The van der Waals surface area contributed by atoms with Crippen molar-refractivity contribution in [3.63, 3.8) is 0 Å². The minimum absolute atomic E-state index is 0.0292. The Morgan fingerprint density at radius 3 is 2.38 bits per heavy atom. The lowest BCUT2D eigenvalue weighted by Crippen LogP contribution is -2.31. The summed E-state index contributed by atoms with van der Waals surface area (Å²) >= 11 is 6.13. The average Bonchev–Trinajstić information content (AvgIpc) is 3.25. The van der Waals surface area contributed by atoms with Crippen LogP contribution in [0.5, 0.6) is 0 Å². The van der Waals surface area contributed by atoms with Crippen LogP contribution in [0, 0.1) is 0 Å². The van der Waals surface area contributed by atoms with Crippen molar-refractivity contribution in [3.8, 4) is 0 Å². The molecule has 4 rings (SSSR count). The first-order chi connectivity index (χ1) is 17.5. The van der Waals surface area contributed by atoms with Crippen molar-refractivity contribution in [3.05, 3.63) is 89.1 Å². The summed E-state index contributed by atoms with van der Waals surface area (Å²) in [5, 5.41) is 3.58. The lowest BCUT2D eigenvalue weighted by molar-refractivity contribution is -0.148. The fourth-order valence-corrected chi connectivity index (χ4v) is 5.67. The molecule has 1 aromatic heterocycles. The predicted octanol–water partition coefficient (Wildman–Crippen LogP) is 5.21. The number of anilines is 2. The van der Waals surface area contributed by atoms with Gasteiger partial charge < -0.3 is 15.8 Å². The average molecular weight is 540 g/mol. The number of hydrogen-bond acceptors (Lipinski definition) is 6. The molecule has 3 aromatic carbocycles. The van der Waals surface area contributed by atoms with E-state index in [4.69, 9.17) is 22.1 Å². The molecule has 0 fully saturated rings. The molecule has 0 saturated heterocycles. The lowest BCUT2D eigenvalue weighted by Gasteiger charge is -2.23. The fourth-order valence-electron chi connectivity index (χ4n) is 3.96. The van der Waals surface area contributed by atoms with Gasteiger partial charge in [0, 0.05) is 10.4 Å². The summed E-state index contributed by atoms with van der Waals surface area (Å²) in [6, 6.07) is 18.8. The molecule has 0 atom stereocenters. The second kappa shape index (κ2) is 9.91. The highest BCUT2D eigenvalue weighted by molar-refractivity contribution is 7.90. The second-order valence-electron chi connectivity index (χ2n) is 8.92. The third-order valence-electron chi connectivity index (χ3n) is 6.04. The SMILES string of the molecule is CCOC(=O)C(C)(C)c1ccc(NC(=O)c2cc3cc(Cl)ccc3n2S(=O)(=O)c2ccccc2)c(N)c1. The number of halogens is 1. The highest BCUT2D eigenvalue weighted by atomic mass is 35.5. The lowest BCUT2D eigenvalue weighted by atomic mass is 9.84. The molecule has 0 spiro atoms. The Morgan fingerprint density at radius 2 is 1.73 bits per heavy atom. The first-order valence-corrected chi connectivity index (χ1v) is 13.3. The molecule has 1 amide bonds. The standard InChI is InChI=1S/C27H26ClN3O5S/c1-4-36-26(33)27(2,3)18-10-12-22(21(29)16-18)30-25(32)24-15-17-14-19(28)11-13-23(17)31(24)37(34,35)20-8-6-5-7-9-20/h5-16H,4,29H2,1-3H3,(H,30,32). The molecule has 3 N–H and O–H groups in total. The van der Waals surface area contributed by atoms with Gasteiger partial charge in [0.15, 0.2) is 0 Å². The highest BCUT2D eigenvalue weighted by Crippen LogP contribution is 2.32. The summed E-state index contributed by atoms with van der Waals surface area (Å²) in [5.74, 6) is -1.09. The Labute approximate surface area is 220 Å². The van der Waals surface area contributed by atoms with Gasteiger partial charge >= 0.3 is 5.97 Å². The van der Waals surface area contributed by atoms with Gasteiger partial charge in [0.1, 0.15) is 5.69 Å². The number of aromatic nitrogens is 1. The van der Waals surface area contributed by atoms with Crippen LogP contribution in [0.15, 0.2) is 77.7 Å². The van der Waals surface area contributed by atoms with E-state index < -0.39 is 27.3 Å². The van der Waals surface area contributed by atoms with E-state index in [0.717, 1.165) is 3.97 Å². The molecule has 1 heterocycles. The van der Waals surface area contributed by atoms with Gasteiger partial charge in [-0.2, -0.15) is 0 Å². The second-order valence-corrected chi connectivity index (χ2v) is 11.1. The first kappa shape index (κ1) is 26.2. The van der Waals surface area contributed by atoms with Gasteiger partial charge in [-0.25, -0.2) is 12.4 Å². The number of esters is 1. The molecule has 4 aromatic rings. The molecule has 0 bridgehead atoms. The van der Waals surface area contributed by atoms with Crippen LogP contribution < -0.4 is 11.1 Å². The van der Waals surface area contributed by atoms with Gasteiger partial charge in [-0.05, 0) is 74.9 Å². The Morgan fingerprint density at radius 1 is 1.03 bits per heavy atom. The molecule has 0 unspecified atom stereocenters. The molecule has 0 saturated carbocycles. The number of carbonyl (C=O) groups excluding carboxylic acids is 2. The van der Waals surface area contributed by atoms with Crippen molar-refractivity contribution in [2.75, 3.05) is 17.7 Å². The number of nitrogens with one attached hydrogen (secondary N) is 1. The van der Waals surface area contributed by atoms with E-state index in [0.29, 0.717) is 21.5 Å². The first-order valence-electron chi connectivity index (χ1n) is 11.5. The van der Waals surface area contributed by atoms with E-state index >= 15 is 0 Å². The maximum Gasteiger partial charge on any atom is 0.315 e. The molecule has 0 aliphatic carbocycles. The zero-order valence-electron chi connectivity index (χ0n) is 20.5. The van der Waals surface area contributed by atoms with Crippen molar-refractivity contribution < 1.29 is 22.7 Å². The zero-order chi connectivity index (χ0) is 27.0. The molecule has 0 aliphatic rings. The minimum Gasteiger partial charge on any atom is -0.465 e. The number of hydrogen-bond donors (Lipinski definition) is 2. The zero-order valence-corrected chi connectivity index (χ0v) is 22.1. The van der Waals surface area contributed by atoms with E-state index in [1.54, 1.807) is 75.4 Å². The van der Waals surface area contributed by atoms with E-state index in [1.165, 1.54) is 18.2 Å². The van der Waals surface area contributed by atoms with Crippen LogP contribution in [0.25, 0.3) is 10.9 Å². The Bertz CT molecular complexity index is 1610. The van der Waals surface area contributed by atoms with Crippen molar-refractivity contribution in [2.45, 2.75) is 31.1 Å². The molecule has 8 nitrogen and oxygen atoms in total. The maximum atomic E-state index is 13.6. The van der Waals surface area contributed by atoms with Crippen LogP contribution in [0.2, 0.25) is 5.02 Å². The van der Waals surface area contributed by atoms with E-state index in [1.807, 2.05) is 0 Å². The number of amides is 1. The minimum atomic E-state index is -4.12. The van der Waals surface area contributed by atoms with Gasteiger partial charge in [0.05, 0.1) is 33.8 Å². The Kier molecular flexibility index (Phi) is 7.03. The number of nitrogen functional groups attached to an aromatic ring is 1. The van der Waals surface area contributed by atoms with E-state index in [-0.39, 0.29) is 28.6 Å². The quantitative estimate of drug-likeness (QED) is 0.246. The third kappa shape index (κ3) is 4.92. The Balaban J connectivity index is 1.75. The third-order valence-corrected chi connectivity index (χ3v) is 8.02. The normalized spacial score (nSPS) is 11.9. The number of fused-ring (bicyclic) bond motifs is 1. The smallest absolute Gasteiger partial charge is 0.315 e. The molecule has 192 valence electrons. The van der Waals surface area contributed by atoms with Crippen molar-refractivity contribution in [1.82, 2.24) is 3.97 Å². The van der Waals surface area contributed by atoms with Crippen molar-refractivity contribution >= 4 is 55.8 Å². The summed E-state index contributed by atoms with van der Waals surface area (Å²) in [5.41, 5.74) is 6.53. The van der Waals surface area contributed by atoms with Crippen LogP contribution in [-0.2, 0) is 25.0 Å². The highest BCUT2D eigenvalue weighted by Gasteiger charge is 2.32. The number of nitrogens with two attached hydrogens (primary N) is 1. The molecule has 10 heteroatoms. The largest absolute Gasteiger partial charge is 0.465 e.